The Kier molecular flexibility index (Phi) is 25.7. The molecular weight excluding hydrogens is 460 g/mol. The fourth-order valence-electron chi connectivity index (χ4n) is 5.97. The second-order valence-corrected chi connectivity index (χ2v) is 12.3. The molecule has 0 radical (unpaired) electrons. The number of hydrogen-bond acceptors (Lipinski definition) is 0. The maximum atomic E-state index is 2.61. The van der Waals surface area contributed by atoms with E-state index >= 15 is 0 Å². The molecule has 0 bridgehead atoms. The predicted molar refractivity (Wildman–Crippen MR) is 170 cm³/mol. The molecule has 0 aromatic carbocycles. The molecule has 0 aliphatic rings. The lowest BCUT2D eigenvalue weighted by Gasteiger charge is -2.07. The van der Waals surface area contributed by atoms with Gasteiger partial charge in [-0.2, -0.15) is 0 Å². The molecule has 0 saturated heterocycles. The van der Waals surface area contributed by atoms with Crippen molar-refractivity contribution in [3.8, 4) is 0 Å². The molecule has 1 heterocycles. The molecule has 0 aliphatic carbocycles. The Labute approximate surface area is 240 Å². The van der Waals surface area contributed by atoms with E-state index in [2.05, 4.69) is 42.3 Å². The Morgan fingerprint density at radius 2 is 0.816 bits per heavy atom. The fourth-order valence-corrected chi connectivity index (χ4v) is 5.97. The highest BCUT2D eigenvalue weighted by Crippen LogP contribution is 2.15. The Morgan fingerprint density at radius 3 is 1.26 bits per heavy atom. The molecule has 1 aromatic rings. The van der Waals surface area contributed by atoms with E-state index in [1.54, 1.807) is 5.82 Å². The third kappa shape index (κ3) is 20.2. The zero-order valence-corrected chi connectivity index (χ0v) is 26.8. The molecule has 224 valence electrons. The Hall–Kier alpha value is -0.790. The van der Waals surface area contributed by atoms with Crippen molar-refractivity contribution in [3.63, 3.8) is 0 Å². The van der Waals surface area contributed by atoms with Crippen LogP contribution in [-0.4, -0.2) is 4.57 Å². The number of nitrogens with zero attached hydrogens (tertiary/aromatic N) is 2. The van der Waals surface area contributed by atoms with Crippen molar-refractivity contribution in [1.29, 1.82) is 0 Å². The molecule has 0 aliphatic heterocycles. The SMILES string of the molecule is CCCCCCCCCCCCCCCCCCc1n(CCCCCCC)cc[n+]1CCCCCCCC. The van der Waals surface area contributed by atoms with Gasteiger partial charge in [-0.15, -0.1) is 0 Å². The van der Waals surface area contributed by atoms with Gasteiger partial charge in [0.25, 0.3) is 5.82 Å². The fraction of sp³-hybridized carbons (Fsp3) is 0.917. The van der Waals surface area contributed by atoms with Crippen LogP contribution >= 0.6 is 0 Å². The monoisotopic (exact) mass is 532 g/mol. The minimum absolute atomic E-state index is 1.22. The molecule has 0 fully saturated rings. The van der Waals surface area contributed by atoms with E-state index in [9.17, 15) is 0 Å². The van der Waals surface area contributed by atoms with Gasteiger partial charge in [-0.1, -0.05) is 162 Å². The molecule has 2 nitrogen and oxygen atoms in total. The van der Waals surface area contributed by atoms with Gasteiger partial charge in [-0.3, -0.25) is 0 Å². The summed E-state index contributed by atoms with van der Waals surface area (Å²) >= 11 is 0. The van der Waals surface area contributed by atoms with Gasteiger partial charge in [0.2, 0.25) is 0 Å². The Bertz CT molecular complexity index is 590. The number of aryl methyl sites for hydroxylation is 2. The quantitative estimate of drug-likeness (QED) is 0.0689. The summed E-state index contributed by atoms with van der Waals surface area (Å²) in [6.07, 6.45) is 44.5. The first-order valence-electron chi connectivity index (χ1n) is 17.9. The summed E-state index contributed by atoms with van der Waals surface area (Å²) < 4.78 is 5.21. The van der Waals surface area contributed by atoms with Crippen molar-refractivity contribution in [2.75, 3.05) is 0 Å². The molecule has 1 rings (SSSR count). The molecular formula is C36H71N2+. The maximum absolute atomic E-state index is 2.61. The third-order valence-electron chi connectivity index (χ3n) is 8.60. The van der Waals surface area contributed by atoms with Crippen molar-refractivity contribution >= 4 is 0 Å². The van der Waals surface area contributed by atoms with Gasteiger partial charge >= 0.3 is 0 Å². The number of rotatable bonds is 30. The maximum Gasteiger partial charge on any atom is 0.256 e. The van der Waals surface area contributed by atoms with E-state index in [1.807, 2.05) is 0 Å². The van der Waals surface area contributed by atoms with Gasteiger partial charge in [-0.05, 0) is 32.1 Å². The number of hydrogen-bond donors (Lipinski definition) is 0. The van der Waals surface area contributed by atoms with Crippen LogP contribution in [0.15, 0.2) is 12.4 Å². The Balaban J connectivity index is 2.17. The number of aromatic nitrogens is 2. The molecule has 0 spiro atoms. The molecule has 38 heavy (non-hydrogen) atoms. The van der Waals surface area contributed by atoms with Crippen LogP contribution < -0.4 is 4.57 Å². The summed E-state index contributed by atoms with van der Waals surface area (Å²) in [6, 6.07) is 0. The summed E-state index contributed by atoms with van der Waals surface area (Å²) in [5, 5.41) is 0. The largest absolute Gasteiger partial charge is 0.256 e. The lowest BCUT2D eigenvalue weighted by Crippen LogP contribution is -2.37. The van der Waals surface area contributed by atoms with E-state index in [1.165, 1.54) is 193 Å². The van der Waals surface area contributed by atoms with Crippen LogP contribution in [0.25, 0.3) is 0 Å². The van der Waals surface area contributed by atoms with E-state index < -0.39 is 0 Å². The average Bonchev–Trinajstić information content (AvgIpc) is 3.31. The van der Waals surface area contributed by atoms with Crippen molar-refractivity contribution in [3.05, 3.63) is 18.2 Å². The average molecular weight is 532 g/mol. The van der Waals surface area contributed by atoms with E-state index in [4.69, 9.17) is 0 Å². The van der Waals surface area contributed by atoms with E-state index in [-0.39, 0.29) is 0 Å². The van der Waals surface area contributed by atoms with Gasteiger partial charge in [-0.25, -0.2) is 9.13 Å². The highest BCUT2D eigenvalue weighted by molar-refractivity contribution is 4.84. The summed E-state index contributed by atoms with van der Waals surface area (Å²) in [5.74, 6) is 1.61. The minimum atomic E-state index is 1.22. The smallest absolute Gasteiger partial charge is 0.234 e. The first kappa shape index (κ1) is 35.2. The van der Waals surface area contributed by atoms with Gasteiger partial charge < -0.3 is 0 Å². The lowest BCUT2D eigenvalue weighted by molar-refractivity contribution is -0.704. The molecule has 0 N–H and O–H groups in total. The highest BCUT2D eigenvalue weighted by Gasteiger charge is 2.16. The summed E-state index contributed by atoms with van der Waals surface area (Å²) in [6.45, 7) is 9.38. The number of unbranched alkanes of at least 4 members (excludes halogenated alkanes) is 24. The van der Waals surface area contributed by atoms with Crippen LogP contribution in [0.3, 0.4) is 0 Å². The first-order chi connectivity index (χ1) is 18.8. The zero-order chi connectivity index (χ0) is 27.4. The van der Waals surface area contributed by atoms with Crippen LogP contribution in [0.4, 0.5) is 0 Å². The van der Waals surface area contributed by atoms with E-state index in [0.29, 0.717) is 0 Å². The predicted octanol–water partition coefficient (Wildman–Crippen LogP) is 11.9. The third-order valence-corrected chi connectivity index (χ3v) is 8.60. The van der Waals surface area contributed by atoms with Crippen LogP contribution in [0.2, 0.25) is 0 Å². The van der Waals surface area contributed by atoms with Crippen molar-refractivity contribution < 1.29 is 4.57 Å². The molecule has 2 heteroatoms. The summed E-state index contributed by atoms with van der Waals surface area (Å²) in [4.78, 5) is 0. The van der Waals surface area contributed by atoms with Crippen LogP contribution in [0.1, 0.15) is 200 Å². The first-order valence-corrected chi connectivity index (χ1v) is 17.9. The molecule has 0 saturated carbocycles. The van der Waals surface area contributed by atoms with E-state index in [0.717, 1.165) is 0 Å². The van der Waals surface area contributed by atoms with Crippen molar-refractivity contribution in [2.24, 2.45) is 0 Å². The topological polar surface area (TPSA) is 8.81 Å². The Morgan fingerprint density at radius 1 is 0.447 bits per heavy atom. The van der Waals surface area contributed by atoms with Gasteiger partial charge in [0.15, 0.2) is 0 Å². The van der Waals surface area contributed by atoms with Crippen LogP contribution in [0.5, 0.6) is 0 Å². The second-order valence-electron chi connectivity index (χ2n) is 12.3. The lowest BCUT2D eigenvalue weighted by atomic mass is 10.0. The van der Waals surface area contributed by atoms with Crippen molar-refractivity contribution in [1.82, 2.24) is 4.57 Å². The van der Waals surface area contributed by atoms with Crippen LogP contribution in [-0.2, 0) is 19.5 Å². The summed E-state index contributed by atoms with van der Waals surface area (Å²) in [7, 11) is 0. The normalized spacial score (nSPS) is 11.6. The molecule has 0 unspecified atom stereocenters. The molecule has 0 atom stereocenters. The van der Waals surface area contributed by atoms with Gasteiger partial charge in [0.1, 0.15) is 12.4 Å². The molecule has 1 aromatic heterocycles. The molecule has 0 amide bonds. The van der Waals surface area contributed by atoms with Crippen LogP contribution in [0, 0.1) is 0 Å². The standard InChI is InChI=1S/C36H71N2/c1-4-7-10-13-15-16-17-18-19-20-21-22-23-24-25-28-31-36-37(32-29-26-12-9-6-3)34-35-38(36)33-30-27-14-11-8-5-2/h34-35H,4-33H2,1-3H3/q+1. The summed E-state index contributed by atoms with van der Waals surface area (Å²) in [5.41, 5.74) is 0. The van der Waals surface area contributed by atoms with Gasteiger partial charge in [0.05, 0.1) is 13.1 Å². The zero-order valence-electron chi connectivity index (χ0n) is 26.8. The van der Waals surface area contributed by atoms with Crippen molar-refractivity contribution in [2.45, 2.75) is 214 Å². The minimum Gasteiger partial charge on any atom is -0.234 e. The number of imidazole rings is 1. The second kappa shape index (κ2) is 27.8. The highest BCUT2D eigenvalue weighted by atomic mass is 15.1. The van der Waals surface area contributed by atoms with Gasteiger partial charge in [0, 0.05) is 6.42 Å².